The van der Waals surface area contributed by atoms with Crippen molar-refractivity contribution in [3.8, 4) is 0 Å². The maximum absolute atomic E-state index is 13.4. The van der Waals surface area contributed by atoms with E-state index in [0.29, 0.717) is 25.0 Å². The minimum absolute atomic E-state index is 0.0410. The number of aliphatic hydroxyl groups is 2. The van der Waals surface area contributed by atoms with E-state index in [1.807, 2.05) is 0 Å². The fourth-order valence-electron chi connectivity index (χ4n) is 4.82. The van der Waals surface area contributed by atoms with Gasteiger partial charge in [-0.15, -0.1) is 0 Å². The Hall–Kier alpha value is -2.14. The highest BCUT2D eigenvalue weighted by molar-refractivity contribution is 7.91. The zero-order chi connectivity index (χ0) is 23.4. The van der Waals surface area contributed by atoms with Crippen LogP contribution in [0.3, 0.4) is 0 Å². The molecule has 11 heteroatoms. The number of benzene rings is 2. The maximum atomic E-state index is 13.4. The summed E-state index contributed by atoms with van der Waals surface area (Å²) < 4.78 is 65.9. The van der Waals surface area contributed by atoms with Gasteiger partial charge in [0.15, 0.2) is 33.1 Å². The molecule has 2 fully saturated rings. The maximum Gasteiger partial charge on any atom is 0.255 e. The molecule has 0 saturated heterocycles. The van der Waals surface area contributed by atoms with Crippen LogP contribution in [0.15, 0.2) is 35.2 Å². The first-order valence-corrected chi connectivity index (χ1v) is 11.8. The highest BCUT2D eigenvalue weighted by Gasteiger charge is 2.55. The van der Waals surface area contributed by atoms with Crippen LogP contribution >= 0.6 is 11.6 Å². The highest BCUT2D eigenvalue weighted by Crippen LogP contribution is 2.53. The number of hydrogen-bond acceptors (Lipinski definition) is 5. The predicted octanol–water partition coefficient (Wildman–Crippen LogP) is 3.51. The minimum Gasteiger partial charge on any atom is -0.365 e. The van der Waals surface area contributed by atoms with Crippen LogP contribution < -0.4 is 5.32 Å². The summed E-state index contributed by atoms with van der Waals surface area (Å²) in [6, 6.07) is 4.67. The van der Waals surface area contributed by atoms with E-state index in [1.54, 1.807) is 0 Å². The van der Waals surface area contributed by atoms with Crippen molar-refractivity contribution in [2.75, 3.05) is 11.1 Å². The molecule has 0 heterocycles. The number of carbonyl (C=O) groups is 1. The second-order valence-electron chi connectivity index (χ2n) is 8.42. The number of nitrogens with one attached hydrogen (secondary N) is 1. The molecular formula is C21H19ClF3NO5S. The van der Waals surface area contributed by atoms with Gasteiger partial charge in [-0.3, -0.25) is 4.79 Å². The van der Waals surface area contributed by atoms with Gasteiger partial charge in [-0.1, -0.05) is 11.6 Å². The van der Waals surface area contributed by atoms with E-state index in [9.17, 15) is 36.6 Å². The fraction of sp³-hybridized carbons (Fsp3) is 0.381. The summed E-state index contributed by atoms with van der Waals surface area (Å²) in [7, 11) is -4.00. The summed E-state index contributed by atoms with van der Waals surface area (Å²) in [5.41, 5.74) is -0.500. The largest absolute Gasteiger partial charge is 0.365 e. The molecule has 2 aromatic carbocycles. The fourth-order valence-corrected chi connectivity index (χ4v) is 7.07. The average Bonchev–Trinajstić information content (AvgIpc) is 3.21. The van der Waals surface area contributed by atoms with E-state index in [1.165, 1.54) is 12.1 Å². The van der Waals surface area contributed by atoms with Gasteiger partial charge in [0.2, 0.25) is 0 Å². The van der Waals surface area contributed by atoms with Crippen molar-refractivity contribution in [3.63, 3.8) is 0 Å². The van der Waals surface area contributed by atoms with Gasteiger partial charge in [0.25, 0.3) is 5.91 Å². The van der Waals surface area contributed by atoms with Gasteiger partial charge in [-0.05, 0) is 42.9 Å². The van der Waals surface area contributed by atoms with Gasteiger partial charge in [-0.25, -0.2) is 21.6 Å². The molecule has 0 aliphatic heterocycles. The third-order valence-corrected chi connectivity index (χ3v) is 8.50. The Morgan fingerprint density at radius 2 is 1.78 bits per heavy atom. The molecule has 2 unspecified atom stereocenters. The molecule has 2 aliphatic carbocycles. The first-order valence-electron chi connectivity index (χ1n) is 9.80. The molecule has 3 atom stereocenters. The lowest BCUT2D eigenvalue weighted by Gasteiger charge is -2.32. The highest BCUT2D eigenvalue weighted by atomic mass is 35.5. The first kappa shape index (κ1) is 23.0. The van der Waals surface area contributed by atoms with Crippen molar-refractivity contribution < 1.29 is 36.6 Å². The number of carbonyl (C=O) groups excluding carboxylic acids is 1. The van der Waals surface area contributed by atoms with Gasteiger partial charge in [0, 0.05) is 35.7 Å². The third-order valence-electron chi connectivity index (χ3n) is 6.18. The number of fused-ring (bicyclic) bond motifs is 2. The molecule has 2 aromatic rings. The Balaban J connectivity index is 1.56. The van der Waals surface area contributed by atoms with E-state index < -0.39 is 50.8 Å². The monoisotopic (exact) mass is 489 g/mol. The van der Waals surface area contributed by atoms with Gasteiger partial charge in [-0.2, -0.15) is 0 Å². The van der Waals surface area contributed by atoms with E-state index >= 15 is 0 Å². The average molecular weight is 490 g/mol. The molecule has 172 valence electrons. The lowest BCUT2D eigenvalue weighted by molar-refractivity contribution is -0.203. The number of halogens is 4. The van der Waals surface area contributed by atoms with E-state index in [-0.39, 0.29) is 39.3 Å². The molecular weight excluding hydrogens is 471 g/mol. The third kappa shape index (κ3) is 4.24. The number of hydrogen-bond donors (Lipinski definition) is 3. The van der Waals surface area contributed by atoms with Crippen LogP contribution in [0.2, 0.25) is 5.02 Å². The van der Waals surface area contributed by atoms with Crippen molar-refractivity contribution in [2.24, 2.45) is 17.8 Å². The molecule has 1 amide bonds. The quantitative estimate of drug-likeness (QED) is 0.440. The van der Waals surface area contributed by atoms with E-state index in [4.69, 9.17) is 11.6 Å². The lowest BCUT2D eigenvalue weighted by Crippen LogP contribution is -2.41. The van der Waals surface area contributed by atoms with Crippen LogP contribution in [-0.4, -0.2) is 36.1 Å². The number of rotatable bonds is 5. The molecule has 3 N–H and O–H groups in total. The molecule has 2 saturated carbocycles. The van der Waals surface area contributed by atoms with Crippen molar-refractivity contribution in [2.45, 2.75) is 29.9 Å². The Morgan fingerprint density at radius 1 is 1.12 bits per heavy atom. The summed E-state index contributed by atoms with van der Waals surface area (Å²) in [6.07, 6.45) is 1.30. The summed E-state index contributed by atoms with van der Waals surface area (Å²) in [5, 5.41) is 22.2. The molecule has 32 heavy (non-hydrogen) atoms. The number of sulfone groups is 1. The van der Waals surface area contributed by atoms with Crippen LogP contribution in [-0.2, 0) is 9.84 Å². The Bertz CT molecular complexity index is 1180. The second kappa shape index (κ2) is 8.02. The second-order valence-corrected chi connectivity index (χ2v) is 10.8. The standard InChI is InChI=1S/C21H19ClF3NO5S/c22-15-2-1-11(20(27)26-13-6-16(23)19(25)17(24)7-13)5-18(15)32(30,31)9-12-3-10-4-14(12)21(28,29)8-10/h1-2,5-7,10,12,14,28-29H,3-4,8-9H2,(H,26,27)/t10?,12-,14?/m0/s1. The van der Waals surface area contributed by atoms with Gasteiger partial charge < -0.3 is 15.5 Å². The molecule has 2 bridgehead atoms. The van der Waals surface area contributed by atoms with Gasteiger partial charge in [0.05, 0.1) is 15.7 Å². The minimum atomic E-state index is -4.00. The molecule has 2 aliphatic rings. The Labute approximate surface area is 186 Å². The van der Waals surface area contributed by atoms with Crippen molar-refractivity contribution >= 4 is 33.0 Å². The van der Waals surface area contributed by atoms with Crippen LogP contribution in [0.25, 0.3) is 0 Å². The SMILES string of the molecule is O=C(Nc1cc(F)c(F)c(F)c1)c1ccc(Cl)c(S(=O)(=O)C[C@@H]2CC3CC2C(O)(O)C3)c1. The van der Waals surface area contributed by atoms with Crippen molar-refractivity contribution in [3.05, 3.63) is 58.4 Å². The normalized spacial score (nSPS) is 24.0. The zero-order valence-electron chi connectivity index (χ0n) is 16.5. The molecule has 0 radical (unpaired) electrons. The van der Waals surface area contributed by atoms with E-state index in [2.05, 4.69) is 5.32 Å². The summed E-state index contributed by atoms with van der Waals surface area (Å²) in [4.78, 5) is 12.2. The Morgan fingerprint density at radius 3 is 2.38 bits per heavy atom. The molecule has 4 rings (SSSR count). The molecule has 0 spiro atoms. The van der Waals surface area contributed by atoms with Gasteiger partial charge >= 0.3 is 0 Å². The van der Waals surface area contributed by atoms with Crippen LogP contribution in [0.5, 0.6) is 0 Å². The summed E-state index contributed by atoms with van der Waals surface area (Å²) >= 11 is 6.07. The number of anilines is 1. The zero-order valence-corrected chi connectivity index (χ0v) is 18.1. The summed E-state index contributed by atoms with van der Waals surface area (Å²) in [6.45, 7) is 0. The lowest BCUT2D eigenvalue weighted by atomic mass is 9.85. The van der Waals surface area contributed by atoms with Crippen LogP contribution in [0.4, 0.5) is 18.9 Å². The van der Waals surface area contributed by atoms with Crippen LogP contribution in [0, 0.1) is 35.2 Å². The van der Waals surface area contributed by atoms with Crippen molar-refractivity contribution in [1.29, 1.82) is 0 Å². The molecule has 0 aromatic heterocycles. The van der Waals surface area contributed by atoms with Crippen molar-refractivity contribution in [1.82, 2.24) is 0 Å². The predicted molar refractivity (Wildman–Crippen MR) is 109 cm³/mol. The molecule has 6 nitrogen and oxygen atoms in total. The topological polar surface area (TPSA) is 104 Å². The Kier molecular flexibility index (Phi) is 5.77. The van der Waals surface area contributed by atoms with E-state index in [0.717, 1.165) is 6.07 Å². The smallest absolute Gasteiger partial charge is 0.255 e. The van der Waals surface area contributed by atoms with Gasteiger partial charge in [0.1, 0.15) is 0 Å². The number of amides is 1. The summed E-state index contributed by atoms with van der Waals surface area (Å²) in [5.74, 6) is -8.79. The van der Waals surface area contributed by atoms with Crippen LogP contribution in [0.1, 0.15) is 29.6 Å². The first-order chi connectivity index (χ1) is 14.9.